The molecule has 5 nitrogen and oxygen atoms in total. The number of esters is 1. The van der Waals surface area contributed by atoms with Gasteiger partial charge in [-0.2, -0.15) is 0 Å². The molecule has 0 aliphatic carbocycles. The molecule has 2 aromatic carbocycles. The van der Waals surface area contributed by atoms with Crippen molar-refractivity contribution in [3.05, 3.63) is 42.5 Å². The summed E-state index contributed by atoms with van der Waals surface area (Å²) in [6.07, 6.45) is 2.54. The molecule has 0 saturated carbocycles. The topological polar surface area (TPSA) is 72.5 Å². The third-order valence-electron chi connectivity index (χ3n) is 3.69. The van der Waals surface area contributed by atoms with Crippen LogP contribution in [0.5, 0.6) is 0 Å². The summed E-state index contributed by atoms with van der Waals surface area (Å²) in [5, 5.41) is 1.62. The van der Waals surface area contributed by atoms with E-state index in [0.717, 1.165) is 17.2 Å². The summed E-state index contributed by atoms with van der Waals surface area (Å²) in [7, 11) is -3.54. The van der Waals surface area contributed by atoms with E-state index in [1.54, 1.807) is 19.1 Å². The Bertz CT molecular complexity index is 781. The van der Waals surface area contributed by atoms with Crippen molar-refractivity contribution in [3.63, 3.8) is 0 Å². The molecular formula is C18H23NO4S. The van der Waals surface area contributed by atoms with Crippen LogP contribution >= 0.6 is 0 Å². The highest BCUT2D eigenvalue weighted by molar-refractivity contribution is 7.89. The monoisotopic (exact) mass is 349 g/mol. The first-order chi connectivity index (χ1) is 11.5. The third-order valence-corrected chi connectivity index (χ3v) is 5.21. The second-order valence-electron chi connectivity index (χ2n) is 5.49. The van der Waals surface area contributed by atoms with Gasteiger partial charge in [0, 0.05) is 18.4 Å². The van der Waals surface area contributed by atoms with E-state index in [1.807, 2.05) is 30.3 Å². The molecule has 0 spiro atoms. The van der Waals surface area contributed by atoms with Crippen LogP contribution < -0.4 is 4.72 Å². The van der Waals surface area contributed by atoms with Gasteiger partial charge in [0.05, 0.1) is 11.5 Å². The fraction of sp³-hybridized carbons (Fsp3) is 0.389. The van der Waals surface area contributed by atoms with Crippen LogP contribution in [0.25, 0.3) is 10.8 Å². The first-order valence-electron chi connectivity index (χ1n) is 8.17. The van der Waals surface area contributed by atoms with Crippen LogP contribution in [-0.4, -0.2) is 27.5 Å². The number of sulfonamides is 1. The predicted octanol–water partition coefficient (Wildman–Crippen LogP) is 3.24. The van der Waals surface area contributed by atoms with Crippen LogP contribution in [0.2, 0.25) is 0 Å². The Morgan fingerprint density at radius 1 is 1.04 bits per heavy atom. The van der Waals surface area contributed by atoms with Crippen molar-refractivity contribution in [1.29, 1.82) is 0 Å². The summed E-state index contributed by atoms with van der Waals surface area (Å²) in [4.78, 5) is 11.5. The molecule has 6 heteroatoms. The van der Waals surface area contributed by atoms with Crippen molar-refractivity contribution in [2.24, 2.45) is 0 Å². The van der Waals surface area contributed by atoms with Crippen LogP contribution in [0.15, 0.2) is 47.4 Å². The van der Waals surface area contributed by atoms with Crippen molar-refractivity contribution in [2.75, 3.05) is 13.2 Å². The molecule has 0 unspecified atom stereocenters. The maximum absolute atomic E-state index is 12.5. The number of hydrogen-bond donors (Lipinski definition) is 1. The molecule has 0 atom stereocenters. The smallest absolute Gasteiger partial charge is 0.305 e. The molecule has 24 heavy (non-hydrogen) atoms. The Morgan fingerprint density at radius 2 is 1.79 bits per heavy atom. The first-order valence-corrected chi connectivity index (χ1v) is 9.66. The minimum absolute atomic E-state index is 0.200. The Kier molecular flexibility index (Phi) is 6.75. The highest BCUT2D eigenvalue weighted by Gasteiger charge is 2.16. The lowest BCUT2D eigenvalue weighted by Crippen LogP contribution is -2.25. The zero-order valence-electron chi connectivity index (χ0n) is 13.8. The second-order valence-corrected chi connectivity index (χ2v) is 7.23. The Labute approximate surface area is 143 Å². The second kappa shape index (κ2) is 8.80. The van der Waals surface area contributed by atoms with Crippen molar-refractivity contribution in [1.82, 2.24) is 4.72 Å². The lowest BCUT2D eigenvalue weighted by molar-refractivity contribution is -0.143. The van der Waals surface area contributed by atoms with E-state index in [9.17, 15) is 13.2 Å². The van der Waals surface area contributed by atoms with Crippen molar-refractivity contribution in [3.8, 4) is 0 Å². The number of rotatable bonds is 9. The van der Waals surface area contributed by atoms with Crippen molar-refractivity contribution >= 4 is 26.8 Å². The predicted molar refractivity (Wildman–Crippen MR) is 94.2 cm³/mol. The van der Waals surface area contributed by atoms with E-state index in [2.05, 4.69) is 4.72 Å². The number of unbranched alkanes of at least 4 members (excludes halogenated alkanes) is 2. The zero-order valence-corrected chi connectivity index (χ0v) is 14.6. The van der Waals surface area contributed by atoms with Crippen molar-refractivity contribution < 1.29 is 17.9 Å². The molecule has 130 valence electrons. The molecule has 0 aromatic heterocycles. The summed E-state index contributed by atoms with van der Waals surface area (Å²) >= 11 is 0. The van der Waals surface area contributed by atoms with E-state index >= 15 is 0 Å². The fourth-order valence-electron chi connectivity index (χ4n) is 2.52. The van der Waals surface area contributed by atoms with E-state index in [1.165, 1.54) is 0 Å². The van der Waals surface area contributed by atoms with Gasteiger partial charge in [-0.1, -0.05) is 42.8 Å². The number of nitrogens with one attached hydrogen (secondary N) is 1. The maximum atomic E-state index is 12.5. The summed E-state index contributed by atoms with van der Waals surface area (Å²) in [6.45, 7) is 2.53. The van der Waals surface area contributed by atoms with Crippen LogP contribution in [0.1, 0.15) is 32.6 Å². The first kappa shape index (κ1) is 18.4. The normalized spacial score (nSPS) is 11.5. The Hall–Kier alpha value is -1.92. The van der Waals surface area contributed by atoms with Gasteiger partial charge in [0.25, 0.3) is 0 Å². The molecule has 0 aliphatic rings. The lowest BCUT2D eigenvalue weighted by Gasteiger charge is -2.09. The van der Waals surface area contributed by atoms with E-state index < -0.39 is 10.0 Å². The van der Waals surface area contributed by atoms with Crippen LogP contribution in [-0.2, 0) is 19.6 Å². The molecule has 2 aromatic rings. The summed E-state index contributed by atoms with van der Waals surface area (Å²) in [6, 6.07) is 12.7. The average Bonchev–Trinajstić information content (AvgIpc) is 2.57. The van der Waals surface area contributed by atoms with Crippen LogP contribution in [0.4, 0.5) is 0 Å². The van der Waals surface area contributed by atoms with Gasteiger partial charge in [0.15, 0.2) is 0 Å². The Morgan fingerprint density at radius 3 is 2.58 bits per heavy atom. The number of fused-ring (bicyclic) bond motifs is 1. The van der Waals surface area contributed by atoms with Gasteiger partial charge >= 0.3 is 5.97 Å². The highest BCUT2D eigenvalue weighted by Crippen LogP contribution is 2.22. The molecule has 0 aliphatic heterocycles. The number of carbonyl (C=O) groups is 1. The average molecular weight is 349 g/mol. The molecular weight excluding hydrogens is 326 g/mol. The molecule has 2 rings (SSSR count). The minimum atomic E-state index is -3.54. The van der Waals surface area contributed by atoms with Gasteiger partial charge in [-0.05, 0) is 31.2 Å². The molecule has 0 amide bonds. The SMILES string of the molecule is CCOC(=O)CCCCCNS(=O)(=O)c1cccc2ccccc12. The number of benzene rings is 2. The summed E-state index contributed by atoms with van der Waals surface area (Å²) in [5.74, 6) is -0.200. The molecule has 0 bridgehead atoms. The van der Waals surface area contributed by atoms with Gasteiger partial charge < -0.3 is 4.74 Å². The van der Waals surface area contributed by atoms with E-state index in [-0.39, 0.29) is 5.97 Å². The standard InChI is InChI=1S/C18H23NO4S/c1-2-23-18(20)13-4-3-7-14-19-24(21,22)17-12-8-10-15-9-5-6-11-16(15)17/h5-6,8-12,19H,2-4,7,13-14H2,1H3. The highest BCUT2D eigenvalue weighted by atomic mass is 32.2. The van der Waals surface area contributed by atoms with Crippen molar-refractivity contribution in [2.45, 2.75) is 37.5 Å². The van der Waals surface area contributed by atoms with E-state index in [0.29, 0.717) is 37.3 Å². The quantitative estimate of drug-likeness (QED) is 0.557. The number of ether oxygens (including phenoxy) is 1. The van der Waals surface area contributed by atoms with Gasteiger partial charge in [-0.15, -0.1) is 0 Å². The maximum Gasteiger partial charge on any atom is 0.305 e. The number of carbonyl (C=O) groups excluding carboxylic acids is 1. The number of hydrogen-bond acceptors (Lipinski definition) is 4. The third kappa shape index (κ3) is 5.04. The zero-order chi connectivity index (χ0) is 17.4. The van der Waals surface area contributed by atoms with Gasteiger partial charge in [-0.3, -0.25) is 4.79 Å². The lowest BCUT2D eigenvalue weighted by atomic mass is 10.1. The molecule has 0 radical (unpaired) electrons. The van der Waals surface area contributed by atoms with Crippen LogP contribution in [0.3, 0.4) is 0 Å². The van der Waals surface area contributed by atoms with Crippen LogP contribution in [0, 0.1) is 0 Å². The fourth-order valence-corrected chi connectivity index (χ4v) is 3.82. The van der Waals surface area contributed by atoms with Gasteiger partial charge in [0.1, 0.15) is 0 Å². The Balaban J connectivity index is 1.87. The van der Waals surface area contributed by atoms with Gasteiger partial charge in [-0.25, -0.2) is 13.1 Å². The van der Waals surface area contributed by atoms with E-state index in [4.69, 9.17) is 4.74 Å². The largest absolute Gasteiger partial charge is 0.466 e. The molecule has 1 N–H and O–H groups in total. The van der Waals surface area contributed by atoms with Gasteiger partial charge in [0.2, 0.25) is 10.0 Å². The minimum Gasteiger partial charge on any atom is -0.466 e. The summed E-state index contributed by atoms with van der Waals surface area (Å²) in [5.41, 5.74) is 0. The summed E-state index contributed by atoms with van der Waals surface area (Å²) < 4.78 is 32.5. The molecule has 0 fully saturated rings. The molecule has 0 saturated heterocycles. The molecule has 0 heterocycles.